The van der Waals surface area contributed by atoms with E-state index in [2.05, 4.69) is 5.32 Å². The predicted molar refractivity (Wildman–Crippen MR) is 121 cm³/mol. The molecule has 1 N–H and O–H groups in total. The van der Waals surface area contributed by atoms with E-state index in [-0.39, 0.29) is 5.91 Å². The molecule has 0 atom stereocenters. The number of carbonyl (C=O) groups excluding carboxylic acids is 1. The molecule has 1 amide bonds. The van der Waals surface area contributed by atoms with Crippen LogP contribution in [0, 0.1) is 0 Å². The Morgan fingerprint density at radius 1 is 0.839 bits per heavy atom. The molecule has 0 aromatic heterocycles. The number of benzene rings is 3. The highest BCUT2D eigenvalue weighted by molar-refractivity contribution is 6.02. The second-order valence-corrected chi connectivity index (χ2v) is 6.54. The van der Waals surface area contributed by atoms with Gasteiger partial charge in [0.25, 0.3) is 0 Å². The van der Waals surface area contributed by atoms with E-state index >= 15 is 0 Å². The van der Waals surface area contributed by atoms with Crippen molar-refractivity contribution in [2.24, 2.45) is 0 Å². The van der Waals surface area contributed by atoms with Gasteiger partial charge < -0.3 is 24.3 Å². The Hall–Kier alpha value is -3.93. The van der Waals surface area contributed by atoms with Gasteiger partial charge in [-0.3, -0.25) is 4.79 Å². The monoisotopic (exact) mass is 419 g/mol. The average Bonchev–Trinajstić information content (AvgIpc) is 2.82. The smallest absolute Gasteiger partial charge is 0.248 e. The van der Waals surface area contributed by atoms with Crippen LogP contribution in [0.1, 0.15) is 11.1 Å². The quantitative estimate of drug-likeness (QED) is 0.498. The fourth-order valence-corrected chi connectivity index (χ4v) is 2.98. The number of carbonyl (C=O) groups is 1. The van der Waals surface area contributed by atoms with Gasteiger partial charge in [0.2, 0.25) is 11.7 Å². The van der Waals surface area contributed by atoms with Crippen molar-refractivity contribution in [2.75, 3.05) is 26.6 Å². The molecule has 0 saturated heterocycles. The molecular weight excluding hydrogens is 394 g/mol. The van der Waals surface area contributed by atoms with Crippen molar-refractivity contribution in [3.63, 3.8) is 0 Å². The van der Waals surface area contributed by atoms with Gasteiger partial charge in [0, 0.05) is 17.3 Å². The molecule has 0 aliphatic rings. The van der Waals surface area contributed by atoms with E-state index in [0.29, 0.717) is 35.1 Å². The topological polar surface area (TPSA) is 66.0 Å². The van der Waals surface area contributed by atoms with Crippen LogP contribution in [0.4, 0.5) is 5.69 Å². The summed E-state index contributed by atoms with van der Waals surface area (Å²) >= 11 is 0. The number of amides is 1. The van der Waals surface area contributed by atoms with Crippen LogP contribution in [0.5, 0.6) is 23.0 Å². The van der Waals surface area contributed by atoms with Crippen LogP contribution in [0.25, 0.3) is 6.08 Å². The summed E-state index contributed by atoms with van der Waals surface area (Å²) in [6.45, 7) is 0.489. The van der Waals surface area contributed by atoms with E-state index in [1.165, 1.54) is 20.3 Å². The van der Waals surface area contributed by atoms with Crippen LogP contribution in [-0.4, -0.2) is 27.2 Å². The summed E-state index contributed by atoms with van der Waals surface area (Å²) in [6.07, 6.45) is 3.09. The number of nitrogens with one attached hydrogen (secondary N) is 1. The van der Waals surface area contributed by atoms with Crippen molar-refractivity contribution in [3.05, 3.63) is 83.9 Å². The summed E-state index contributed by atoms with van der Waals surface area (Å²) in [6, 6.07) is 20.7. The van der Waals surface area contributed by atoms with Crippen molar-refractivity contribution < 1.29 is 23.7 Å². The predicted octanol–water partition coefficient (Wildman–Crippen LogP) is 4.94. The first-order chi connectivity index (χ1) is 15.1. The molecule has 160 valence electrons. The maximum absolute atomic E-state index is 12.3. The van der Waals surface area contributed by atoms with E-state index in [0.717, 1.165) is 11.3 Å². The van der Waals surface area contributed by atoms with E-state index in [9.17, 15) is 4.79 Å². The Labute approximate surface area is 182 Å². The van der Waals surface area contributed by atoms with Gasteiger partial charge in [-0.1, -0.05) is 30.3 Å². The van der Waals surface area contributed by atoms with Crippen molar-refractivity contribution in [3.8, 4) is 23.0 Å². The van der Waals surface area contributed by atoms with E-state index < -0.39 is 0 Å². The maximum atomic E-state index is 12.3. The summed E-state index contributed by atoms with van der Waals surface area (Å²) in [5.41, 5.74) is 2.46. The van der Waals surface area contributed by atoms with E-state index in [1.54, 1.807) is 37.5 Å². The lowest BCUT2D eigenvalue weighted by molar-refractivity contribution is -0.111. The molecule has 0 unspecified atom stereocenters. The number of rotatable bonds is 9. The van der Waals surface area contributed by atoms with Crippen molar-refractivity contribution >= 4 is 17.7 Å². The lowest BCUT2D eigenvalue weighted by atomic mass is 10.1. The number of hydrogen-bond acceptors (Lipinski definition) is 5. The van der Waals surface area contributed by atoms with Gasteiger partial charge in [-0.15, -0.1) is 0 Å². The molecule has 0 radical (unpaired) electrons. The first-order valence-corrected chi connectivity index (χ1v) is 9.69. The Morgan fingerprint density at radius 2 is 1.55 bits per heavy atom. The van der Waals surface area contributed by atoms with Gasteiger partial charge in [-0.2, -0.15) is 0 Å². The van der Waals surface area contributed by atoms with Gasteiger partial charge in [-0.05, 0) is 48.0 Å². The van der Waals surface area contributed by atoms with Crippen LogP contribution < -0.4 is 24.3 Å². The number of hydrogen-bond donors (Lipinski definition) is 1. The molecule has 0 spiro atoms. The summed E-state index contributed by atoms with van der Waals surface area (Å²) < 4.78 is 21.8. The molecule has 0 aliphatic heterocycles. The Morgan fingerprint density at radius 3 is 2.19 bits per heavy atom. The Bertz CT molecular complexity index is 1030. The van der Waals surface area contributed by atoms with Crippen LogP contribution in [-0.2, 0) is 11.4 Å². The average molecular weight is 419 g/mol. The summed E-state index contributed by atoms with van der Waals surface area (Å²) in [7, 11) is 4.63. The minimum Gasteiger partial charge on any atom is -0.493 e. The van der Waals surface area contributed by atoms with Crippen molar-refractivity contribution in [1.82, 2.24) is 0 Å². The summed E-state index contributed by atoms with van der Waals surface area (Å²) in [5.74, 6) is 1.97. The molecular formula is C25H25NO5. The molecule has 0 aliphatic carbocycles. The van der Waals surface area contributed by atoms with Crippen LogP contribution in [0.15, 0.2) is 72.8 Å². The third kappa shape index (κ3) is 5.79. The van der Waals surface area contributed by atoms with Gasteiger partial charge in [0.1, 0.15) is 12.4 Å². The third-order valence-corrected chi connectivity index (χ3v) is 4.52. The lowest BCUT2D eigenvalue weighted by Crippen LogP contribution is -2.07. The molecule has 6 heteroatoms. The number of ether oxygens (including phenoxy) is 4. The highest BCUT2D eigenvalue weighted by Crippen LogP contribution is 2.40. The van der Waals surface area contributed by atoms with E-state index in [1.807, 2.05) is 42.5 Å². The molecule has 3 aromatic rings. The molecule has 3 aromatic carbocycles. The number of methoxy groups -OCH3 is 3. The molecule has 0 fully saturated rings. The SMILES string of the molecule is COc1ccc(C=CC(=O)Nc2ccc(OCc3ccccc3)cc2)c(OC)c1OC. The summed E-state index contributed by atoms with van der Waals surface area (Å²) in [4.78, 5) is 12.3. The second-order valence-electron chi connectivity index (χ2n) is 6.54. The molecule has 0 saturated carbocycles. The minimum atomic E-state index is -0.269. The second kappa shape index (κ2) is 10.7. The number of anilines is 1. The molecule has 31 heavy (non-hydrogen) atoms. The third-order valence-electron chi connectivity index (χ3n) is 4.52. The van der Waals surface area contributed by atoms with Gasteiger partial charge >= 0.3 is 0 Å². The van der Waals surface area contributed by atoms with Crippen molar-refractivity contribution in [1.29, 1.82) is 0 Å². The molecule has 3 rings (SSSR count). The van der Waals surface area contributed by atoms with Crippen LogP contribution in [0.3, 0.4) is 0 Å². The maximum Gasteiger partial charge on any atom is 0.248 e. The van der Waals surface area contributed by atoms with Crippen LogP contribution in [0.2, 0.25) is 0 Å². The fourth-order valence-electron chi connectivity index (χ4n) is 2.98. The van der Waals surface area contributed by atoms with Crippen LogP contribution >= 0.6 is 0 Å². The zero-order valence-electron chi connectivity index (χ0n) is 17.8. The lowest BCUT2D eigenvalue weighted by Gasteiger charge is -2.14. The molecule has 6 nitrogen and oxygen atoms in total. The Kier molecular flexibility index (Phi) is 7.54. The summed E-state index contributed by atoms with van der Waals surface area (Å²) in [5, 5.41) is 2.82. The van der Waals surface area contributed by atoms with Gasteiger partial charge in [0.15, 0.2) is 11.5 Å². The van der Waals surface area contributed by atoms with Gasteiger partial charge in [-0.25, -0.2) is 0 Å². The first-order valence-electron chi connectivity index (χ1n) is 9.69. The largest absolute Gasteiger partial charge is 0.493 e. The Balaban J connectivity index is 1.61. The zero-order chi connectivity index (χ0) is 22.1. The fraction of sp³-hybridized carbons (Fsp3) is 0.160. The normalized spacial score (nSPS) is 10.5. The first kappa shape index (κ1) is 21.8. The minimum absolute atomic E-state index is 0.269. The highest BCUT2D eigenvalue weighted by atomic mass is 16.5. The van der Waals surface area contributed by atoms with Gasteiger partial charge in [0.05, 0.1) is 21.3 Å². The zero-order valence-corrected chi connectivity index (χ0v) is 17.8. The molecule has 0 heterocycles. The van der Waals surface area contributed by atoms with Crippen molar-refractivity contribution in [2.45, 2.75) is 6.61 Å². The standard InChI is InChI=1S/C25H25NO5/c1-28-22-15-9-19(24(29-2)25(22)30-3)10-16-23(27)26-20-11-13-21(14-12-20)31-17-18-7-5-4-6-8-18/h4-16H,17H2,1-3H3,(H,26,27). The highest BCUT2D eigenvalue weighted by Gasteiger charge is 2.14. The molecule has 0 bridgehead atoms. The van der Waals surface area contributed by atoms with E-state index in [4.69, 9.17) is 18.9 Å².